The van der Waals surface area contributed by atoms with Gasteiger partial charge in [-0.1, -0.05) is 77.6 Å². The molecule has 0 aliphatic rings. The van der Waals surface area contributed by atoms with Crippen molar-refractivity contribution in [2.24, 2.45) is 0 Å². The minimum Gasteiger partial charge on any atom is -0.494 e. The Balaban J connectivity index is 1.50. The van der Waals surface area contributed by atoms with Gasteiger partial charge in [-0.15, -0.1) is 0 Å². The lowest BCUT2D eigenvalue weighted by atomic mass is 9.86. The molecule has 0 saturated heterocycles. The Bertz CT molecular complexity index is 1410. The Morgan fingerprint density at radius 2 is 1.20 bits per heavy atom. The number of benzene rings is 3. The minimum atomic E-state index is -0.925. The van der Waals surface area contributed by atoms with Gasteiger partial charge >= 0.3 is 5.97 Å². The number of nitrogens with one attached hydrogen (secondary N) is 3. The third-order valence-electron chi connectivity index (χ3n) is 7.38. The summed E-state index contributed by atoms with van der Waals surface area (Å²) in [6, 6.07) is 19.6. The highest BCUT2D eigenvalue weighted by molar-refractivity contribution is 5.99. The summed E-state index contributed by atoms with van der Waals surface area (Å²) in [5.74, 6) is -1.25. The molecule has 0 aliphatic carbocycles. The molecule has 0 fully saturated rings. The predicted molar refractivity (Wildman–Crippen MR) is 174 cm³/mol. The molecule has 0 radical (unpaired) electrons. The highest BCUT2D eigenvalue weighted by atomic mass is 16.5. The number of methoxy groups -OCH3 is 1. The van der Waals surface area contributed by atoms with Crippen LogP contribution in [0.15, 0.2) is 72.8 Å². The predicted octanol–water partition coefficient (Wildman–Crippen LogP) is 5.92. The molecule has 0 heterocycles. The highest BCUT2D eigenvalue weighted by Gasteiger charge is 2.23. The zero-order valence-electron chi connectivity index (χ0n) is 26.9. The molecule has 45 heavy (non-hydrogen) atoms. The second-order valence-electron chi connectivity index (χ2n) is 12.0. The first kappa shape index (κ1) is 34.8. The fourth-order valence-corrected chi connectivity index (χ4v) is 4.58. The van der Waals surface area contributed by atoms with Crippen molar-refractivity contribution in [2.75, 3.05) is 13.7 Å². The molecule has 3 amide bonds. The lowest BCUT2D eigenvalue weighted by Gasteiger charge is -2.20. The van der Waals surface area contributed by atoms with Crippen LogP contribution < -0.4 is 20.9 Å². The van der Waals surface area contributed by atoms with Crippen LogP contribution in [0.25, 0.3) is 0 Å². The SMILES string of the molecule is CCCCCCCOc1ccc(C(=O)NNC(=O)c2ccc(C[C@H](NC(=O)c3ccc(C(C)(C)C)cc3)C(=O)OC)cc2)cc1. The van der Waals surface area contributed by atoms with Gasteiger partial charge < -0.3 is 14.8 Å². The van der Waals surface area contributed by atoms with E-state index in [4.69, 9.17) is 9.47 Å². The Kier molecular flexibility index (Phi) is 13.1. The maximum Gasteiger partial charge on any atom is 0.328 e. The van der Waals surface area contributed by atoms with E-state index in [0.29, 0.717) is 34.6 Å². The molecule has 0 bridgehead atoms. The van der Waals surface area contributed by atoms with E-state index in [-0.39, 0.29) is 11.8 Å². The third-order valence-corrected chi connectivity index (χ3v) is 7.38. The highest BCUT2D eigenvalue weighted by Crippen LogP contribution is 2.22. The Labute approximate surface area is 266 Å². The van der Waals surface area contributed by atoms with Crippen molar-refractivity contribution in [2.45, 2.75) is 77.7 Å². The van der Waals surface area contributed by atoms with E-state index in [1.165, 1.54) is 26.4 Å². The molecule has 0 unspecified atom stereocenters. The van der Waals surface area contributed by atoms with Crippen LogP contribution in [0, 0.1) is 0 Å². The van der Waals surface area contributed by atoms with E-state index >= 15 is 0 Å². The van der Waals surface area contributed by atoms with Crippen molar-refractivity contribution in [3.63, 3.8) is 0 Å². The summed E-state index contributed by atoms with van der Waals surface area (Å²) in [5, 5.41) is 2.75. The summed E-state index contributed by atoms with van der Waals surface area (Å²) in [4.78, 5) is 50.5. The van der Waals surface area contributed by atoms with Crippen LogP contribution >= 0.6 is 0 Å². The molecule has 0 spiro atoms. The molecule has 240 valence electrons. The fourth-order valence-electron chi connectivity index (χ4n) is 4.58. The van der Waals surface area contributed by atoms with Gasteiger partial charge in [0, 0.05) is 23.1 Å². The molecule has 9 heteroatoms. The lowest BCUT2D eigenvalue weighted by Crippen LogP contribution is -2.43. The first-order valence-electron chi connectivity index (χ1n) is 15.4. The number of rotatable bonds is 14. The minimum absolute atomic E-state index is 0.0487. The molecule has 3 N–H and O–H groups in total. The first-order valence-corrected chi connectivity index (χ1v) is 15.4. The van der Waals surface area contributed by atoms with Gasteiger partial charge in [-0.2, -0.15) is 0 Å². The van der Waals surface area contributed by atoms with Crippen molar-refractivity contribution in [1.82, 2.24) is 16.2 Å². The average molecular weight is 616 g/mol. The third kappa shape index (κ3) is 11.1. The summed E-state index contributed by atoms with van der Waals surface area (Å²) >= 11 is 0. The lowest BCUT2D eigenvalue weighted by molar-refractivity contribution is -0.142. The molecular weight excluding hydrogens is 570 g/mol. The van der Waals surface area contributed by atoms with Gasteiger partial charge in [-0.05, 0) is 71.5 Å². The van der Waals surface area contributed by atoms with Gasteiger partial charge in [0.25, 0.3) is 17.7 Å². The Morgan fingerprint density at radius 1 is 0.689 bits per heavy atom. The molecule has 0 aromatic heterocycles. The zero-order valence-corrected chi connectivity index (χ0v) is 26.9. The van der Waals surface area contributed by atoms with Crippen molar-refractivity contribution in [3.8, 4) is 5.75 Å². The zero-order chi connectivity index (χ0) is 32.8. The average Bonchev–Trinajstić information content (AvgIpc) is 3.04. The van der Waals surface area contributed by atoms with E-state index in [1.807, 2.05) is 12.1 Å². The molecular formula is C36H45N3O6. The number of unbranched alkanes of at least 4 members (excludes halogenated alkanes) is 4. The molecule has 0 aliphatic heterocycles. The topological polar surface area (TPSA) is 123 Å². The maximum absolute atomic E-state index is 12.9. The van der Waals surface area contributed by atoms with E-state index in [1.54, 1.807) is 60.7 Å². The second kappa shape index (κ2) is 17.0. The summed E-state index contributed by atoms with van der Waals surface area (Å²) in [7, 11) is 1.26. The van der Waals surface area contributed by atoms with E-state index in [2.05, 4.69) is 43.9 Å². The van der Waals surface area contributed by atoms with Gasteiger partial charge in [0.1, 0.15) is 11.8 Å². The van der Waals surface area contributed by atoms with Crippen LogP contribution in [0.1, 0.15) is 102 Å². The van der Waals surface area contributed by atoms with Crippen LogP contribution in [0.5, 0.6) is 5.75 Å². The van der Waals surface area contributed by atoms with Crippen molar-refractivity contribution in [3.05, 3.63) is 101 Å². The van der Waals surface area contributed by atoms with Crippen LogP contribution in [0.4, 0.5) is 0 Å². The smallest absolute Gasteiger partial charge is 0.328 e. The van der Waals surface area contributed by atoms with Crippen LogP contribution in [-0.4, -0.2) is 43.4 Å². The summed E-state index contributed by atoms with van der Waals surface area (Å²) in [6.07, 6.45) is 5.93. The molecule has 1 atom stereocenters. The monoisotopic (exact) mass is 615 g/mol. The number of carbonyl (C=O) groups excluding carboxylic acids is 4. The maximum atomic E-state index is 12.9. The quantitative estimate of drug-likeness (QED) is 0.118. The van der Waals surface area contributed by atoms with Gasteiger partial charge in [0.15, 0.2) is 0 Å². The summed E-state index contributed by atoms with van der Waals surface area (Å²) in [5.41, 5.74) is 7.70. The largest absolute Gasteiger partial charge is 0.494 e. The fraction of sp³-hybridized carbons (Fsp3) is 0.389. The van der Waals surface area contributed by atoms with Gasteiger partial charge in [-0.3, -0.25) is 25.2 Å². The second-order valence-corrected chi connectivity index (χ2v) is 12.0. The number of hydrazine groups is 1. The number of ether oxygens (including phenoxy) is 2. The summed E-state index contributed by atoms with van der Waals surface area (Å²) in [6.45, 7) is 9.09. The van der Waals surface area contributed by atoms with Gasteiger partial charge in [0.05, 0.1) is 13.7 Å². The summed E-state index contributed by atoms with van der Waals surface area (Å²) < 4.78 is 10.6. The number of carbonyl (C=O) groups is 4. The Hall–Kier alpha value is -4.66. The molecule has 9 nitrogen and oxygen atoms in total. The van der Waals surface area contributed by atoms with Gasteiger partial charge in [0.2, 0.25) is 0 Å². The number of hydrogen-bond donors (Lipinski definition) is 3. The first-order chi connectivity index (χ1) is 21.5. The Morgan fingerprint density at radius 3 is 1.73 bits per heavy atom. The molecule has 3 rings (SSSR count). The van der Waals surface area contributed by atoms with Crippen molar-refractivity contribution in [1.29, 1.82) is 0 Å². The molecule has 3 aromatic rings. The van der Waals surface area contributed by atoms with Crippen LogP contribution in [0.2, 0.25) is 0 Å². The van der Waals surface area contributed by atoms with Crippen molar-refractivity contribution >= 4 is 23.7 Å². The standard InChI is InChI=1S/C36H45N3O6/c1-6-7-8-9-10-23-45-30-21-17-28(18-22-30)34(42)39-38-33(41)27-13-11-25(12-14-27)24-31(35(43)44-5)37-32(40)26-15-19-29(20-16-26)36(2,3)4/h11-22,31H,6-10,23-24H2,1-5H3,(H,37,40)(H,38,41)(H,39,42)/t31-/m0/s1. The van der Waals surface area contributed by atoms with Crippen molar-refractivity contribution < 1.29 is 28.7 Å². The molecule has 3 aromatic carbocycles. The van der Waals surface area contributed by atoms with E-state index in [0.717, 1.165) is 18.4 Å². The normalized spacial score (nSPS) is 11.7. The van der Waals surface area contributed by atoms with Crippen LogP contribution in [-0.2, 0) is 21.4 Å². The van der Waals surface area contributed by atoms with E-state index in [9.17, 15) is 19.2 Å². The van der Waals surface area contributed by atoms with Crippen LogP contribution in [0.3, 0.4) is 0 Å². The molecule has 0 saturated carbocycles. The number of hydrogen-bond acceptors (Lipinski definition) is 6. The van der Waals surface area contributed by atoms with E-state index < -0.39 is 29.7 Å². The number of amides is 3. The van der Waals surface area contributed by atoms with Gasteiger partial charge in [-0.25, -0.2) is 4.79 Å². The number of esters is 1.